The third-order valence-corrected chi connectivity index (χ3v) is 6.56. The standard InChI is InChI=1S/C22H29NO3/c1-5-7-15-10-9-14-12-13(3)8-11-16(14)22(15,4)20(25)18-19(24)17(6-2)23-21(18)26/h5-7,9-10,13-16,24H,8,11-12H2,1-4H3,(H,23,26)/b7-5?,17-6-/t13-,14-,15-,16-,22-/m1/s1. The van der Waals surface area contributed by atoms with Crippen molar-refractivity contribution in [3.05, 3.63) is 47.4 Å². The monoisotopic (exact) mass is 355 g/mol. The Hall–Kier alpha value is -2.10. The summed E-state index contributed by atoms with van der Waals surface area (Å²) in [5.74, 6) is 0.173. The molecule has 4 heteroatoms. The van der Waals surface area contributed by atoms with Crippen LogP contribution in [-0.2, 0) is 9.59 Å². The summed E-state index contributed by atoms with van der Waals surface area (Å²) in [7, 11) is 0. The Morgan fingerprint density at radius 1 is 1.31 bits per heavy atom. The number of amides is 1. The number of hydrogen-bond acceptors (Lipinski definition) is 3. The summed E-state index contributed by atoms with van der Waals surface area (Å²) in [5.41, 5.74) is -0.483. The van der Waals surface area contributed by atoms with Gasteiger partial charge in [-0.05, 0) is 44.4 Å². The lowest BCUT2D eigenvalue weighted by Gasteiger charge is -2.49. The molecule has 0 unspecified atom stereocenters. The van der Waals surface area contributed by atoms with Crippen LogP contribution in [0.4, 0.5) is 0 Å². The molecule has 1 fully saturated rings. The van der Waals surface area contributed by atoms with Crippen LogP contribution in [0.2, 0.25) is 0 Å². The topological polar surface area (TPSA) is 66.4 Å². The van der Waals surface area contributed by atoms with Crippen LogP contribution >= 0.6 is 0 Å². The lowest BCUT2D eigenvalue weighted by Crippen LogP contribution is -2.49. The Morgan fingerprint density at radius 2 is 2.04 bits per heavy atom. The van der Waals surface area contributed by atoms with Crippen molar-refractivity contribution in [3.8, 4) is 0 Å². The predicted octanol–water partition coefficient (Wildman–Crippen LogP) is 4.22. The van der Waals surface area contributed by atoms with Gasteiger partial charge in [0.25, 0.3) is 5.91 Å². The van der Waals surface area contributed by atoms with E-state index in [2.05, 4.69) is 24.4 Å². The number of nitrogens with one attached hydrogen (secondary N) is 1. The van der Waals surface area contributed by atoms with Crippen LogP contribution in [0.5, 0.6) is 0 Å². The Kier molecular flexibility index (Phi) is 4.96. The zero-order valence-electron chi connectivity index (χ0n) is 16.1. The van der Waals surface area contributed by atoms with Gasteiger partial charge in [-0.25, -0.2) is 0 Å². The van der Waals surface area contributed by atoms with Crippen LogP contribution in [0.3, 0.4) is 0 Å². The van der Waals surface area contributed by atoms with E-state index in [9.17, 15) is 14.7 Å². The van der Waals surface area contributed by atoms with Crippen molar-refractivity contribution in [2.24, 2.45) is 29.1 Å². The molecule has 1 aliphatic heterocycles. The summed E-state index contributed by atoms with van der Waals surface area (Å²) < 4.78 is 0. The third kappa shape index (κ3) is 2.76. The highest BCUT2D eigenvalue weighted by Gasteiger charge is 2.54. The maximum Gasteiger partial charge on any atom is 0.263 e. The van der Waals surface area contributed by atoms with Crippen LogP contribution in [0.1, 0.15) is 47.0 Å². The first kappa shape index (κ1) is 18.7. The van der Waals surface area contributed by atoms with Gasteiger partial charge in [0.2, 0.25) is 0 Å². The Bertz CT molecular complexity index is 742. The number of rotatable bonds is 3. The lowest BCUT2D eigenvalue weighted by molar-refractivity contribution is -0.133. The second-order valence-corrected chi connectivity index (χ2v) is 8.12. The first-order chi connectivity index (χ1) is 12.3. The Balaban J connectivity index is 2.09. The average Bonchev–Trinajstić information content (AvgIpc) is 2.90. The molecule has 0 aromatic heterocycles. The summed E-state index contributed by atoms with van der Waals surface area (Å²) >= 11 is 0. The normalized spacial score (nSPS) is 38.8. The van der Waals surface area contributed by atoms with Crippen molar-refractivity contribution in [2.75, 3.05) is 0 Å². The molecule has 0 spiro atoms. The largest absolute Gasteiger partial charge is 0.505 e. The maximum absolute atomic E-state index is 13.7. The zero-order valence-corrected chi connectivity index (χ0v) is 16.1. The van der Waals surface area contributed by atoms with Gasteiger partial charge in [0.1, 0.15) is 5.57 Å². The second kappa shape index (κ2) is 6.90. The fraction of sp³-hybridized carbons (Fsp3) is 0.545. The summed E-state index contributed by atoms with van der Waals surface area (Å²) in [4.78, 5) is 26.1. The molecule has 3 aliphatic rings. The minimum atomic E-state index is -0.726. The van der Waals surface area contributed by atoms with Crippen LogP contribution in [0.25, 0.3) is 0 Å². The third-order valence-electron chi connectivity index (χ3n) is 6.56. The van der Waals surface area contributed by atoms with E-state index in [1.807, 2.05) is 26.0 Å². The number of Topliss-reactive ketones (excluding diaryl/α,β-unsaturated/α-hetero) is 1. The van der Waals surface area contributed by atoms with Crippen LogP contribution in [0, 0.1) is 29.1 Å². The van der Waals surface area contributed by atoms with Crippen molar-refractivity contribution in [2.45, 2.75) is 47.0 Å². The van der Waals surface area contributed by atoms with Crippen molar-refractivity contribution in [1.82, 2.24) is 5.32 Å². The van der Waals surface area contributed by atoms with E-state index < -0.39 is 11.3 Å². The van der Waals surface area contributed by atoms with E-state index in [0.717, 1.165) is 19.3 Å². The fourth-order valence-electron chi connectivity index (χ4n) is 5.06. The molecule has 0 aromatic rings. The Morgan fingerprint density at radius 3 is 2.65 bits per heavy atom. The van der Waals surface area contributed by atoms with Gasteiger partial charge in [0, 0.05) is 11.3 Å². The molecule has 1 heterocycles. The highest BCUT2D eigenvalue weighted by atomic mass is 16.3. The number of carbonyl (C=O) groups excluding carboxylic acids is 2. The SMILES string of the molecule is CC=C[C@@H]1C=C[C@@H]2C[C@H](C)CC[C@H]2[C@]1(C)C(=O)C1=C(O)/C(=C/C)NC1=O. The van der Waals surface area contributed by atoms with Gasteiger partial charge in [0.15, 0.2) is 11.5 Å². The van der Waals surface area contributed by atoms with E-state index in [1.54, 1.807) is 13.0 Å². The van der Waals surface area contributed by atoms with E-state index >= 15 is 0 Å². The predicted molar refractivity (Wildman–Crippen MR) is 102 cm³/mol. The number of aliphatic hydroxyl groups excluding tert-OH is 1. The van der Waals surface area contributed by atoms with E-state index in [-0.39, 0.29) is 29.0 Å². The summed E-state index contributed by atoms with van der Waals surface area (Å²) in [6.07, 6.45) is 13.2. The number of carbonyl (C=O) groups is 2. The average molecular weight is 355 g/mol. The fourth-order valence-corrected chi connectivity index (χ4v) is 5.06. The molecule has 5 atom stereocenters. The summed E-state index contributed by atoms with van der Waals surface area (Å²) in [6, 6.07) is 0. The molecule has 0 radical (unpaired) electrons. The first-order valence-corrected chi connectivity index (χ1v) is 9.61. The molecule has 1 saturated carbocycles. The molecule has 0 saturated heterocycles. The lowest BCUT2D eigenvalue weighted by atomic mass is 9.53. The number of aliphatic hydroxyl groups is 1. The molecule has 2 N–H and O–H groups in total. The van der Waals surface area contributed by atoms with E-state index in [0.29, 0.717) is 17.5 Å². The van der Waals surface area contributed by atoms with Gasteiger partial charge in [-0.3, -0.25) is 9.59 Å². The van der Waals surface area contributed by atoms with Gasteiger partial charge in [0.05, 0.1) is 5.70 Å². The van der Waals surface area contributed by atoms with Gasteiger partial charge in [-0.1, -0.05) is 50.6 Å². The molecule has 0 bridgehead atoms. The van der Waals surface area contributed by atoms with E-state index in [4.69, 9.17) is 0 Å². The zero-order chi connectivity index (χ0) is 19.1. The minimum Gasteiger partial charge on any atom is -0.505 e. The molecular weight excluding hydrogens is 326 g/mol. The van der Waals surface area contributed by atoms with Gasteiger partial charge in [-0.2, -0.15) is 0 Å². The van der Waals surface area contributed by atoms with Crippen LogP contribution < -0.4 is 5.32 Å². The molecular formula is C22H29NO3. The molecule has 1 amide bonds. The van der Waals surface area contributed by atoms with Gasteiger partial charge in [-0.15, -0.1) is 0 Å². The quantitative estimate of drug-likeness (QED) is 0.588. The highest BCUT2D eigenvalue weighted by molar-refractivity contribution is 6.24. The first-order valence-electron chi connectivity index (χ1n) is 9.61. The van der Waals surface area contributed by atoms with Crippen molar-refractivity contribution < 1.29 is 14.7 Å². The summed E-state index contributed by atoms with van der Waals surface area (Å²) in [6.45, 7) is 7.92. The van der Waals surface area contributed by atoms with Crippen molar-refractivity contribution in [3.63, 3.8) is 0 Å². The smallest absolute Gasteiger partial charge is 0.263 e. The highest BCUT2D eigenvalue weighted by Crippen LogP contribution is 2.54. The number of allylic oxidation sites excluding steroid dienone is 5. The maximum atomic E-state index is 13.7. The van der Waals surface area contributed by atoms with Gasteiger partial charge >= 0.3 is 0 Å². The summed E-state index contributed by atoms with van der Waals surface area (Å²) in [5, 5.41) is 13.1. The number of hydrogen-bond donors (Lipinski definition) is 2. The minimum absolute atomic E-state index is 0.0718. The van der Waals surface area contributed by atoms with Gasteiger partial charge < -0.3 is 10.4 Å². The molecule has 140 valence electrons. The van der Waals surface area contributed by atoms with E-state index in [1.165, 1.54) is 0 Å². The van der Waals surface area contributed by atoms with Crippen LogP contribution in [0.15, 0.2) is 47.4 Å². The number of ketones is 1. The molecule has 4 nitrogen and oxygen atoms in total. The van der Waals surface area contributed by atoms with Crippen LogP contribution in [-0.4, -0.2) is 16.8 Å². The molecule has 0 aromatic carbocycles. The molecule has 26 heavy (non-hydrogen) atoms. The Labute approximate surface area is 155 Å². The van der Waals surface area contributed by atoms with Crippen molar-refractivity contribution >= 4 is 11.7 Å². The molecule has 3 rings (SSSR count). The van der Waals surface area contributed by atoms with Crippen molar-refractivity contribution in [1.29, 1.82) is 0 Å². The second-order valence-electron chi connectivity index (χ2n) is 8.12. The number of fused-ring (bicyclic) bond motifs is 1. The molecule has 2 aliphatic carbocycles.